The molecule has 0 heterocycles. The smallest absolute Gasteiger partial charge is 0.328 e. The van der Waals surface area contributed by atoms with Crippen molar-refractivity contribution in [2.75, 3.05) is 20.3 Å². The van der Waals surface area contributed by atoms with E-state index in [1.165, 1.54) is 18.2 Å². The number of benzene rings is 1. The Hall–Kier alpha value is -1.72. The molecule has 104 valence electrons. The molecule has 0 spiro atoms. The van der Waals surface area contributed by atoms with Gasteiger partial charge in [0, 0.05) is 26.4 Å². The summed E-state index contributed by atoms with van der Waals surface area (Å²) >= 11 is 0. The standard InChI is InChI=1S/C14H17FO4/c1-18-7-2-8-19-10-12-3-5-13(15)9-11(12)4-6-14(16)17/h3-6,9H,2,7-8,10H2,1H3,(H,16,17)/b6-4+. The fourth-order valence-corrected chi connectivity index (χ4v) is 1.50. The molecule has 0 radical (unpaired) electrons. The summed E-state index contributed by atoms with van der Waals surface area (Å²) in [5.41, 5.74) is 1.26. The molecule has 0 amide bonds. The van der Waals surface area contributed by atoms with Gasteiger partial charge in [0.05, 0.1) is 6.61 Å². The van der Waals surface area contributed by atoms with Gasteiger partial charge in [0.25, 0.3) is 0 Å². The zero-order chi connectivity index (χ0) is 14.1. The van der Waals surface area contributed by atoms with E-state index in [1.54, 1.807) is 13.2 Å². The first-order chi connectivity index (χ1) is 9.13. The van der Waals surface area contributed by atoms with Crippen LogP contribution < -0.4 is 0 Å². The van der Waals surface area contributed by atoms with Crippen molar-refractivity contribution in [3.8, 4) is 0 Å². The lowest BCUT2D eigenvalue weighted by Crippen LogP contribution is -2.01. The van der Waals surface area contributed by atoms with Crippen LogP contribution in [0.4, 0.5) is 4.39 Å². The van der Waals surface area contributed by atoms with Gasteiger partial charge in [-0.25, -0.2) is 9.18 Å². The Kier molecular flexibility index (Phi) is 6.78. The first-order valence-corrected chi connectivity index (χ1v) is 5.89. The van der Waals surface area contributed by atoms with Gasteiger partial charge in [-0.3, -0.25) is 0 Å². The summed E-state index contributed by atoms with van der Waals surface area (Å²) in [4.78, 5) is 10.5. The van der Waals surface area contributed by atoms with E-state index in [2.05, 4.69) is 0 Å². The summed E-state index contributed by atoms with van der Waals surface area (Å²) in [5.74, 6) is -1.48. The average Bonchev–Trinajstić information content (AvgIpc) is 2.38. The Balaban J connectivity index is 2.63. The summed E-state index contributed by atoms with van der Waals surface area (Å²) in [7, 11) is 1.62. The molecular formula is C14H17FO4. The van der Waals surface area contributed by atoms with Crippen molar-refractivity contribution in [3.63, 3.8) is 0 Å². The van der Waals surface area contributed by atoms with Crippen molar-refractivity contribution in [2.45, 2.75) is 13.0 Å². The maximum atomic E-state index is 13.1. The molecule has 4 nitrogen and oxygen atoms in total. The van der Waals surface area contributed by atoms with E-state index in [0.717, 1.165) is 18.1 Å². The Bertz CT molecular complexity index is 443. The van der Waals surface area contributed by atoms with Crippen molar-refractivity contribution in [1.82, 2.24) is 0 Å². The van der Waals surface area contributed by atoms with E-state index >= 15 is 0 Å². The monoisotopic (exact) mass is 268 g/mol. The number of carboxylic acid groups (broad SMARTS) is 1. The lowest BCUT2D eigenvalue weighted by molar-refractivity contribution is -0.131. The van der Waals surface area contributed by atoms with E-state index in [0.29, 0.717) is 25.4 Å². The van der Waals surface area contributed by atoms with Crippen LogP contribution in [0.15, 0.2) is 24.3 Å². The largest absolute Gasteiger partial charge is 0.478 e. The van der Waals surface area contributed by atoms with Crippen LogP contribution in [0.1, 0.15) is 17.5 Å². The fourth-order valence-electron chi connectivity index (χ4n) is 1.50. The molecule has 0 aliphatic heterocycles. The molecule has 19 heavy (non-hydrogen) atoms. The van der Waals surface area contributed by atoms with Gasteiger partial charge in [0.1, 0.15) is 5.82 Å². The number of methoxy groups -OCH3 is 1. The van der Waals surface area contributed by atoms with Crippen LogP contribution in [-0.4, -0.2) is 31.4 Å². The van der Waals surface area contributed by atoms with Crippen molar-refractivity contribution in [1.29, 1.82) is 0 Å². The third-order valence-electron chi connectivity index (χ3n) is 2.41. The SMILES string of the molecule is COCCCOCc1ccc(F)cc1/C=C/C(=O)O. The number of rotatable bonds is 8. The van der Waals surface area contributed by atoms with Crippen LogP contribution in [0.5, 0.6) is 0 Å². The first kappa shape index (κ1) is 15.3. The third-order valence-corrected chi connectivity index (χ3v) is 2.41. The van der Waals surface area contributed by atoms with Crippen LogP contribution in [0.2, 0.25) is 0 Å². The molecule has 1 aromatic carbocycles. The topological polar surface area (TPSA) is 55.8 Å². The predicted octanol–water partition coefficient (Wildman–Crippen LogP) is 2.48. The number of carboxylic acids is 1. The maximum absolute atomic E-state index is 13.1. The van der Waals surface area contributed by atoms with Crippen LogP contribution in [0.25, 0.3) is 6.08 Å². The van der Waals surface area contributed by atoms with E-state index in [4.69, 9.17) is 14.6 Å². The molecule has 0 atom stereocenters. The van der Waals surface area contributed by atoms with Gasteiger partial charge in [-0.15, -0.1) is 0 Å². The Morgan fingerprint density at radius 3 is 2.89 bits per heavy atom. The van der Waals surface area contributed by atoms with Crippen LogP contribution in [0, 0.1) is 5.82 Å². The lowest BCUT2D eigenvalue weighted by atomic mass is 10.1. The summed E-state index contributed by atoms with van der Waals surface area (Å²) < 4.78 is 23.4. The molecule has 0 aliphatic carbocycles. The molecule has 0 saturated heterocycles. The molecule has 0 fully saturated rings. The van der Waals surface area contributed by atoms with Gasteiger partial charge >= 0.3 is 5.97 Å². The van der Waals surface area contributed by atoms with Crippen LogP contribution >= 0.6 is 0 Å². The van der Waals surface area contributed by atoms with Gasteiger partial charge in [-0.1, -0.05) is 6.07 Å². The molecule has 1 rings (SSSR count). The lowest BCUT2D eigenvalue weighted by Gasteiger charge is -2.07. The van der Waals surface area contributed by atoms with Gasteiger partial charge in [0.15, 0.2) is 0 Å². The number of hydrogen-bond acceptors (Lipinski definition) is 3. The number of halogens is 1. The fraction of sp³-hybridized carbons (Fsp3) is 0.357. The van der Waals surface area contributed by atoms with E-state index in [-0.39, 0.29) is 0 Å². The van der Waals surface area contributed by atoms with Gasteiger partial charge in [-0.05, 0) is 35.8 Å². The number of hydrogen-bond donors (Lipinski definition) is 1. The van der Waals surface area contributed by atoms with E-state index in [9.17, 15) is 9.18 Å². The van der Waals surface area contributed by atoms with Crippen molar-refractivity contribution in [2.24, 2.45) is 0 Å². The van der Waals surface area contributed by atoms with E-state index < -0.39 is 11.8 Å². The quantitative estimate of drug-likeness (QED) is 0.581. The minimum absolute atomic E-state index is 0.309. The zero-order valence-electron chi connectivity index (χ0n) is 10.8. The maximum Gasteiger partial charge on any atom is 0.328 e. The summed E-state index contributed by atoms with van der Waals surface area (Å²) in [6.45, 7) is 1.46. The first-order valence-electron chi connectivity index (χ1n) is 5.89. The van der Waals surface area contributed by atoms with Gasteiger partial charge in [0.2, 0.25) is 0 Å². The minimum Gasteiger partial charge on any atom is -0.478 e. The molecular weight excluding hydrogens is 251 g/mol. The molecule has 0 aromatic heterocycles. The highest BCUT2D eigenvalue weighted by atomic mass is 19.1. The summed E-state index contributed by atoms with van der Waals surface area (Å²) in [5, 5.41) is 8.58. The summed E-state index contributed by atoms with van der Waals surface area (Å²) in [6.07, 6.45) is 3.11. The van der Waals surface area contributed by atoms with Crippen LogP contribution in [0.3, 0.4) is 0 Å². The predicted molar refractivity (Wildman–Crippen MR) is 69.2 cm³/mol. The highest BCUT2D eigenvalue weighted by Gasteiger charge is 2.03. The third kappa shape index (κ3) is 6.13. The van der Waals surface area contributed by atoms with Gasteiger partial charge < -0.3 is 14.6 Å². The van der Waals surface area contributed by atoms with Gasteiger partial charge in [-0.2, -0.15) is 0 Å². The number of ether oxygens (including phenoxy) is 2. The second-order valence-electron chi connectivity index (χ2n) is 3.91. The Labute approximate surface area is 111 Å². The number of aliphatic carboxylic acids is 1. The second-order valence-corrected chi connectivity index (χ2v) is 3.91. The molecule has 0 saturated carbocycles. The second kappa shape index (κ2) is 8.39. The van der Waals surface area contributed by atoms with Crippen molar-refractivity contribution >= 4 is 12.0 Å². The zero-order valence-corrected chi connectivity index (χ0v) is 10.8. The van der Waals surface area contributed by atoms with Crippen molar-refractivity contribution < 1.29 is 23.8 Å². The van der Waals surface area contributed by atoms with Crippen molar-refractivity contribution in [3.05, 3.63) is 41.2 Å². The number of carbonyl (C=O) groups is 1. The molecule has 1 aromatic rings. The molecule has 0 bridgehead atoms. The Morgan fingerprint density at radius 2 is 2.21 bits per heavy atom. The highest BCUT2D eigenvalue weighted by molar-refractivity contribution is 5.85. The average molecular weight is 268 g/mol. The Morgan fingerprint density at radius 1 is 1.42 bits per heavy atom. The molecule has 0 aliphatic rings. The summed E-state index contributed by atoms with van der Waals surface area (Å²) in [6, 6.07) is 4.20. The van der Waals surface area contributed by atoms with E-state index in [1.807, 2.05) is 0 Å². The minimum atomic E-state index is -1.07. The van der Waals surface area contributed by atoms with Crippen LogP contribution in [-0.2, 0) is 20.9 Å². The molecule has 5 heteroatoms. The molecule has 1 N–H and O–H groups in total. The molecule has 0 unspecified atom stereocenters. The normalized spacial score (nSPS) is 11.1. The highest BCUT2D eigenvalue weighted by Crippen LogP contribution is 2.14.